The van der Waals surface area contributed by atoms with Crippen LogP contribution in [0.2, 0.25) is 0 Å². The topological polar surface area (TPSA) is 40.5 Å². The molecule has 72 valence electrons. The molecule has 2 saturated carbocycles. The van der Waals surface area contributed by atoms with Crippen molar-refractivity contribution >= 4 is 0 Å². The molecule has 6 atom stereocenters. The Balaban J connectivity index is 1.90. The summed E-state index contributed by atoms with van der Waals surface area (Å²) in [6.45, 7) is 0.172. The average Bonchev–Trinajstić information content (AvgIpc) is 2.71. The molecule has 13 heavy (non-hydrogen) atoms. The molecule has 0 saturated heterocycles. The van der Waals surface area contributed by atoms with Gasteiger partial charge in [0.05, 0.1) is 6.10 Å². The standard InChI is InChI=1S/C11H16O2/c12-5-10-8-4-9(11(10)13)7-3-1-2-6(7)8/h1,3,6-13H,2,4-5H2/t6-,7-,8+,9+,10-,11+/m1/s1. The van der Waals surface area contributed by atoms with Gasteiger partial charge in [0.25, 0.3) is 0 Å². The van der Waals surface area contributed by atoms with Gasteiger partial charge in [-0.15, -0.1) is 0 Å². The summed E-state index contributed by atoms with van der Waals surface area (Å²) in [6, 6.07) is 0. The summed E-state index contributed by atoms with van der Waals surface area (Å²) in [6.07, 6.45) is 6.62. The van der Waals surface area contributed by atoms with Crippen LogP contribution in [0, 0.1) is 29.6 Å². The van der Waals surface area contributed by atoms with Crippen LogP contribution in [0.3, 0.4) is 0 Å². The van der Waals surface area contributed by atoms with Crippen molar-refractivity contribution in [3.63, 3.8) is 0 Å². The molecule has 0 aromatic rings. The Morgan fingerprint density at radius 2 is 2.08 bits per heavy atom. The zero-order chi connectivity index (χ0) is 9.00. The lowest BCUT2D eigenvalue weighted by Crippen LogP contribution is -2.38. The summed E-state index contributed by atoms with van der Waals surface area (Å²) in [4.78, 5) is 0. The van der Waals surface area contributed by atoms with Gasteiger partial charge in [0.1, 0.15) is 0 Å². The SMILES string of the molecule is OC[C@H]1[C@@H](O)[C@H]2C[C@H]1[C@@H]1CC=C[C@@H]21. The molecule has 0 aromatic carbocycles. The van der Waals surface area contributed by atoms with Crippen molar-refractivity contribution in [2.75, 3.05) is 6.61 Å². The Labute approximate surface area is 78.3 Å². The molecule has 0 spiro atoms. The molecule has 0 amide bonds. The van der Waals surface area contributed by atoms with Crippen molar-refractivity contribution < 1.29 is 10.2 Å². The molecule has 2 N–H and O–H groups in total. The Morgan fingerprint density at radius 1 is 1.23 bits per heavy atom. The van der Waals surface area contributed by atoms with E-state index in [1.165, 1.54) is 6.42 Å². The van der Waals surface area contributed by atoms with Gasteiger partial charge in [-0.2, -0.15) is 0 Å². The predicted octanol–water partition coefficient (Wildman–Crippen LogP) is 0.798. The van der Waals surface area contributed by atoms with Crippen molar-refractivity contribution in [2.24, 2.45) is 29.6 Å². The fourth-order valence-electron chi connectivity index (χ4n) is 3.93. The number of allylic oxidation sites excluding steroid dienone is 2. The number of aliphatic hydroxyl groups excluding tert-OH is 2. The van der Waals surface area contributed by atoms with Gasteiger partial charge >= 0.3 is 0 Å². The summed E-state index contributed by atoms with van der Waals surface area (Å²) in [7, 11) is 0. The van der Waals surface area contributed by atoms with Gasteiger partial charge in [0.15, 0.2) is 0 Å². The largest absolute Gasteiger partial charge is 0.396 e. The molecule has 2 nitrogen and oxygen atoms in total. The fraction of sp³-hybridized carbons (Fsp3) is 0.818. The maximum atomic E-state index is 9.93. The first-order valence-electron chi connectivity index (χ1n) is 5.28. The van der Waals surface area contributed by atoms with Crippen LogP contribution < -0.4 is 0 Å². The van der Waals surface area contributed by atoms with Crippen molar-refractivity contribution in [1.82, 2.24) is 0 Å². The minimum atomic E-state index is -0.237. The van der Waals surface area contributed by atoms with Gasteiger partial charge in [0.2, 0.25) is 0 Å². The third kappa shape index (κ3) is 0.856. The number of hydrogen-bond acceptors (Lipinski definition) is 2. The quantitative estimate of drug-likeness (QED) is 0.586. The number of rotatable bonds is 1. The summed E-state index contributed by atoms with van der Waals surface area (Å²) < 4.78 is 0. The Hall–Kier alpha value is -0.340. The summed E-state index contributed by atoms with van der Waals surface area (Å²) in [5.41, 5.74) is 0. The van der Waals surface area contributed by atoms with Gasteiger partial charge in [-0.05, 0) is 36.5 Å². The van der Waals surface area contributed by atoms with Crippen LogP contribution in [0.4, 0.5) is 0 Å². The maximum absolute atomic E-state index is 9.93. The van der Waals surface area contributed by atoms with Gasteiger partial charge in [-0.1, -0.05) is 12.2 Å². The average molecular weight is 180 g/mol. The van der Waals surface area contributed by atoms with E-state index in [1.54, 1.807) is 0 Å². The number of hydrogen-bond donors (Lipinski definition) is 2. The molecule has 0 heterocycles. The van der Waals surface area contributed by atoms with Crippen molar-refractivity contribution in [2.45, 2.75) is 18.9 Å². The first kappa shape index (κ1) is 8.01. The fourth-order valence-corrected chi connectivity index (χ4v) is 3.93. The van der Waals surface area contributed by atoms with E-state index in [1.807, 2.05) is 0 Å². The summed E-state index contributed by atoms with van der Waals surface area (Å²) in [5.74, 6) is 2.58. The zero-order valence-corrected chi connectivity index (χ0v) is 7.63. The highest BCUT2D eigenvalue weighted by atomic mass is 16.3. The first-order chi connectivity index (χ1) is 6.33. The van der Waals surface area contributed by atoms with E-state index in [2.05, 4.69) is 12.2 Å². The molecule has 2 bridgehead atoms. The van der Waals surface area contributed by atoms with Crippen molar-refractivity contribution in [3.05, 3.63) is 12.2 Å². The highest BCUT2D eigenvalue weighted by Gasteiger charge is 2.56. The first-order valence-corrected chi connectivity index (χ1v) is 5.28. The molecule has 3 aliphatic rings. The van der Waals surface area contributed by atoms with Crippen LogP contribution in [0.15, 0.2) is 12.2 Å². The van der Waals surface area contributed by atoms with Crippen molar-refractivity contribution in [1.29, 1.82) is 0 Å². The second-order valence-corrected chi connectivity index (χ2v) is 4.81. The smallest absolute Gasteiger partial charge is 0.0627 e. The van der Waals surface area contributed by atoms with E-state index in [-0.39, 0.29) is 18.6 Å². The molecule has 2 heteroatoms. The van der Waals surface area contributed by atoms with Gasteiger partial charge in [0, 0.05) is 12.5 Å². The minimum absolute atomic E-state index is 0.172. The van der Waals surface area contributed by atoms with Gasteiger partial charge in [-0.25, -0.2) is 0 Å². The Morgan fingerprint density at radius 3 is 2.85 bits per heavy atom. The zero-order valence-electron chi connectivity index (χ0n) is 7.63. The normalized spacial score (nSPS) is 57.4. The lowest BCUT2D eigenvalue weighted by molar-refractivity contribution is -0.00531. The molecule has 0 aliphatic heterocycles. The second kappa shape index (κ2) is 2.58. The van der Waals surface area contributed by atoms with Crippen LogP contribution in [-0.2, 0) is 0 Å². The van der Waals surface area contributed by atoms with E-state index in [9.17, 15) is 10.2 Å². The van der Waals surface area contributed by atoms with E-state index in [0.717, 1.165) is 12.3 Å². The van der Waals surface area contributed by atoms with Crippen LogP contribution in [-0.4, -0.2) is 22.9 Å². The third-order valence-electron chi connectivity index (χ3n) is 4.49. The second-order valence-electron chi connectivity index (χ2n) is 4.81. The van der Waals surface area contributed by atoms with Gasteiger partial charge in [-0.3, -0.25) is 0 Å². The number of fused-ring (bicyclic) bond motifs is 5. The molecule has 0 aromatic heterocycles. The number of aliphatic hydroxyl groups is 2. The van der Waals surface area contributed by atoms with E-state index < -0.39 is 0 Å². The monoisotopic (exact) mass is 180 g/mol. The molecule has 0 radical (unpaired) electrons. The minimum Gasteiger partial charge on any atom is -0.396 e. The third-order valence-corrected chi connectivity index (χ3v) is 4.49. The highest BCUT2D eigenvalue weighted by molar-refractivity contribution is 5.16. The summed E-state index contributed by atoms with van der Waals surface area (Å²) >= 11 is 0. The molecule has 3 rings (SSSR count). The van der Waals surface area contributed by atoms with Crippen molar-refractivity contribution in [3.8, 4) is 0 Å². The van der Waals surface area contributed by atoms with Crippen LogP contribution in [0.25, 0.3) is 0 Å². The lowest BCUT2D eigenvalue weighted by atomic mass is 9.74. The van der Waals surface area contributed by atoms with E-state index in [0.29, 0.717) is 17.8 Å². The van der Waals surface area contributed by atoms with E-state index >= 15 is 0 Å². The summed E-state index contributed by atoms with van der Waals surface area (Å²) in [5, 5.41) is 19.1. The molecular formula is C11H16O2. The van der Waals surface area contributed by atoms with E-state index in [4.69, 9.17) is 0 Å². The lowest BCUT2D eigenvalue weighted by Gasteiger charge is -2.34. The maximum Gasteiger partial charge on any atom is 0.0627 e. The Kier molecular flexibility index (Phi) is 1.59. The van der Waals surface area contributed by atoms with Crippen LogP contribution in [0.5, 0.6) is 0 Å². The Bertz CT molecular complexity index is 246. The van der Waals surface area contributed by atoms with Crippen LogP contribution >= 0.6 is 0 Å². The van der Waals surface area contributed by atoms with Crippen LogP contribution in [0.1, 0.15) is 12.8 Å². The van der Waals surface area contributed by atoms with Gasteiger partial charge < -0.3 is 10.2 Å². The molecular weight excluding hydrogens is 164 g/mol. The predicted molar refractivity (Wildman–Crippen MR) is 48.9 cm³/mol. The molecule has 3 aliphatic carbocycles. The highest BCUT2D eigenvalue weighted by Crippen LogP contribution is 2.58. The molecule has 2 fully saturated rings. The molecule has 0 unspecified atom stereocenters.